The highest BCUT2D eigenvalue weighted by atomic mass is 79.9. The van der Waals surface area contributed by atoms with Crippen molar-refractivity contribution in [3.63, 3.8) is 0 Å². The molecule has 4 amide bonds. The van der Waals surface area contributed by atoms with E-state index < -0.39 is 18.2 Å². The number of nitrogens with zero attached hydrogens (tertiary/aromatic N) is 7. The van der Waals surface area contributed by atoms with Gasteiger partial charge in [0.1, 0.15) is 41.1 Å². The molecule has 2 fully saturated rings. The van der Waals surface area contributed by atoms with Gasteiger partial charge in [0.2, 0.25) is 17.7 Å². The van der Waals surface area contributed by atoms with Gasteiger partial charge < -0.3 is 34.6 Å². The van der Waals surface area contributed by atoms with Crippen LogP contribution >= 0.6 is 15.9 Å². The van der Waals surface area contributed by atoms with Gasteiger partial charge in [-0.05, 0) is 81.6 Å². The first kappa shape index (κ1) is 46.2. The van der Waals surface area contributed by atoms with Gasteiger partial charge in [0.15, 0.2) is 11.9 Å². The summed E-state index contributed by atoms with van der Waals surface area (Å²) in [5.74, 6) is -0.342. The van der Waals surface area contributed by atoms with Crippen LogP contribution in [0.3, 0.4) is 0 Å². The van der Waals surface area contributed by atoms with E-state index in [0.29, 0.717) is 45.7 Å². The van der Waals surface area contributed by atoms with Crippen molar-refractivity contribution in [3.05, 3.63) is 124 Å². The molecule has 350 valence electrons. The van der Waals surface area contributed by atoms with Gasteiger partial charge in [-0.3, -0.25) is 23.9 Å². The minimum Gasteiger partial charge on any atom is -0.436 e. The van der Waals surface area contributed by atoms with E-state index in [2.05, 4.69) is 53.5 Å². The fraction of sp³-hybridized carbons (Fsp3) is 0.340. The molecule has 0 unspecified atom stereocenters. The fourth-order valence-corrected chi connectivity index (χ4v) is 9.38. The van der Waals surface area contributed by atoms with Gasteiger partial charge >= 0.3 is 6.09 Å². The molecule has 3 atom stereocenters. The molecule has 68 heavy (non-hydrogen) atoms. The Kier molecular flexibility index (Phi) is 13.2. The molecule has 0 radical (unpaired) electrons. The van der Waals surface area contributed by atoms with Crippen molar-refractivity contribution < 1.29 is 38.2 Å². The zero-order valence-corrected chi connectivity index (χ0v) is 39.6. The molecule has 9 rings (SSSR count). The number of hydrogen-bond donors (Lipinski definition) is 2. The Morgan fingerprint density at radius 2 is 1.59 bits per heavy atom. The van der Waals surface area contributed by atoms with E-state index in [0.717, 1.165) is 39.8 Å². The van der Waals surface area contributed by atoms with E-state index >= 15 is 0 Å². The van der Waals surface area contributed by atoms with Gasteiger partial charge in [-0.25, -0.2) is 19.7 Å². The van der Waals surface area contributed by atoms with Crippen LogP contribution in [0, 0.1) is 12.3 Å². The number of ketones is 1. The largest absolute Gasteiger partial charge is 0.436 e. The van der Waals surface area contributed by atoms with Crippen molar-refractivity contribution in [3.8, 4) is 22.3 Å². The summed E-state index contributed by atoms with van der Waals surface area (Å²) in [6.45, 7) is 6.10. The highest BCUT2D eigenvalue weighted by Gasteiger charge is 2.64. The number of pyridine rings is 1. The Morgan fingerprint density at radius 3 is 2.31 bits per heavy atom. The van der Waals surface area contributed by atoms with Crippen molar-refractivity contribution in [2.45, 2.75) is 64.9 Å². The topological polar surface area (TPSA) is 200 Å². The van der Waals surface area contributed by atoms with E-state index in [1.165, 1.54) is 16.5 Å². The normalized spacial score (nSPS) is 17.9. The molecule has 2 N–H and O–H groups in total. The molecule has 3 aromatic heterocycles. The second kappa shape index (κ2) is 19.4. The third kappa shape index (κ3) is 9.61. The smallest absolute Gasteiger partial charge is 0.410 e. The van der Waals surface area contributed by atoms with Gasteiger partial charge in [0.25, 0.3) is 0 Å². The molecule has 3 aliphatic rings. The van der Waals surface area contributed by atoms with Gasteiger partial charge in [0.05, 0.1) is 31.9 Å². The number of Topliss-reactive ketones (excluding diaryl/α,β-unsaturated/α-hetero) is 1. The molecule has 1 saturated heterocycles. The number of carbonyl (C=O) groups is 5. The van der Waals surface area contributed by atoms with Crippen LogP contribution in [0.4, 0.5) is 10.6 Å². The van der Waals surface area contributed by atoms with Crippen LogP contribution in [0.2, 0.25) is 0 Å². The Balaban J connectivity index is 0.723. The lowest BCUT2D eigenvalue weighted by molar-refractivity contribution is -0.138. The molecule has 2 aliphatic carbocycles. The fourth-order valence-electron chi connectivity index (χ4n) is 9.07. The first-order valence-corrected chi connectivity index (χ1v) is 23.2. The van der Waals surface area contributed by atoms with E-state index in [9.17, 15) is 24.0 Å². The maximum absolute atomic E-state index is 14.1. The Labute approximate surface area is 400 Å². The minimum absolute atomic E-state index is 0.0642. The van der Waals surface area contributed by atoms with Crippen LogP contribution in [-0.2, 0) is 41.7 Å². The first-order chi connectivity index (χ1) is 32.8. The number of fused-ring (bicyclic) bond motifs is 5. The lowest BCUT2D eigenvalue weighted by Crippen LogP contribution is -2.47. The van der Waals surface area contributed by atoms with Crippen LogP contribution in [0.1, 0.15) is 65.8 Å². The predicted molar refractivity (Wildman–Crippen MR) is 254 cm³/mol. The average Bonchev–Trinajstić information content (AvgIpc) is 3.55. The van der Waals surface area contributed by atoms with Crippen molar-refractivity contribution in [1.82, 2.24) is 39.8 Å². The number of benzene rings is 3. The number of halogens is 1. The Morgan fingerprint density at radius 1 is 0.882 bits per heavy atom. The van der Waals surface area contributed by atoms with Crippen LogP contribution < -0.4 is 10.6 Å². The Hall–Kier alpha value is -6.89. The van der Waals surface area contributed by atoms with Crippen molar-refractivity contribution in [2.75, 3.05) is 45.3 Å². The maximum Gasteiger partial charge on any atom is 0.410 e. The molecule has 18 heteroatoms. The minimum atomic E-state index is -0.672. The lowest BCUT2D eigenvalue weighted by atomic mass is 10.0. The maximum atomic E-state index is 14.1. The van der Waals surface area contributed by atoms with Crippen molar-refractivity contribution in [1.29, 1.82) is 0 Å². The lowest BCUT2D eigenvalue weighted by Gasteiger charge is -2.27. The quantitative estimate of drug-likeness (QED) is 0.0560. The molecule has 1 aliphatic heterocycles. The highest BCUT2D eigenvalue weighted by molar-refractivity contribution is 9.10. The summed E-state index contributed by atoms with van der Waals surface area (Å²) >= 11 is 3.36. The second-order valence-electron chi connectivity index (χ2n) is 17.7. The van der Waals surface area contributed by atoms with Crippen molar-refractivity contribution >= 4 is 62.2 Å². The average molecular weight is 985 g/mol. The van der Waals surface area contributed by atoms with Crippen LogP contribution in [0.5, 0.6) is 0 Å². The van der Waals surface area contributed by atoms with Gasteiger partial charge in [-0.1, -0.05) is 67.6 Å². The zero-order chi connectivity index (χ0) is 47.7. The third-order valence-corrected chi connectivity index (χ3v) is 13.3. The summed E-state index contributed by atoms with van der Waals surface area (Å²) in [7, 11) is 1.66. The molecule has 0 spiro atoms. The molecular formula is C50H50BrN9O8. The summed E-state index contributed by atoms with van der Waals surface area (Å²) in [5, 5.41) is 10.8. The first-order valence-electron chi connectivity index (χ1n) is 22.4. The number of aryl methyl sites for hydroxylation is 1. The van der Waals surface area contributed by atoms with Gasteiger partial charge in [-0.2, -0.15) is 5.10 Å². The predicted octanol–water partition coefficient (Wildman–Crippen LogP) is 6.67. The SMILES string of the molecule is CC(=O)c1nn(CC(=O)N2[C@H](C(=O)Nc3nc(Br)ccc3C)C[C@@]3(C)C[C@@H]23)c2ccc(-c3cnc(CNC(=O)COCCOCCN(C)C(=O)OC4c5ccccc5-c5ccccc54)nc3)cc12. The highest BCUT2D eigenvalue weighted by Crippen LogP contribution is 2.59. The molecular weight excluding hydrogens is 935 g/mol. The molecule has 1 saturated carbocycles. The molecule has 3 aromatic carbocycles. The number of carbonyl (C=O) groups excluding carboxylic acids is 5. The summed E-state index contributed by atoms with van der Waals surface area (Å²) in [6.07, 6.45) is 3.69. The van der Waals surface area contributed by atoms with Crippen molar-refractivity contribution in [2.24, 2.45) is 5.41 Å². The van der Waals surface area contributed by atoms with Crippen LogP contribution in [0.15, 0.2) is 95.9 Å². The van der Waals surface area contributed by atoms with Gasteiger partial charge in [0, 0.05) is 61.0 Å². The molecule has 6 aromatic rings. The van der Waals surface area contributed by atoms with Crippen LogP contribution in [0.25, 0.3) is 33.2 Å². The van der Waals surface area contributed by atoms with Crippen LogP contribution in [-0.4, -0.2) is 116 Å². The summed E-state index contributed by atoms with van der Waals surface area (Å²) < 4.78 is 19.2. The summed E-state index contributed by atoms with van der Waals surface area (Å²) in [5.41, 5.74) is 6.93. The summed E-state index contributed by atoms with van der Waals surface area (Å²) in [4.78, 5) is 82.4. The van der Waals surface area contributed by atoms with E-state index in [1.807, 2.05) is 73.7 Å². The number of rotatable bonds is 17. The van der Waals surface area contributed by atoms with E-state index in [4.69, 9.17) is 14.2 Å². The number of amides is 4. The number of ether oxygens (including phenoxy) is 3. The molecule has 4 heterocycles. The number of nitrogens with one attached hydrogen (secondary N) is 2. The second-order valence-corrected chi connectivity index (χ2v) is 18.5. The number of aromatic nitrogens is 5. The standard InChI is InChI=1S/C50H50BrN9O8/c1-29-13-16-41(51)55-47(29)56-48(64)39-22-50(3)23-40(50)60(39)44(63)27-59-38-15-14-31(21-37(38)45(57-59)30(2)61)32-24-52-42(53-25-32)26-54-43(62)28-67-20-19-66-18-17-58(4)49(65)68-46-35-11-7-5-9-33(35)34-10-6-8-12-36(34)46/h5-16,21,24-25,39-40,46H,17-20,22-23,26-28H2,1-4H3,(H,54,62)(H,55,56,64)/t39-,40+,50-/m0/s1. The van der Waals surface area contributed by atoms with E-state index in [1.54, 1.807) is 36.5 Å². The number of likely N-dealkylation sites (N-methyl/N-ethyl adjacent to an activating group) is 1. The number of likely N-dealkylation sites (tertiary alicyclic amines) is 1. The van der Waals surface area contributed by atoms with E-state index in [-0.39, 0.29) is 80.2 Å². The monoisotopic (exact) mass is 983 g/mol. The van der Waals surface area contributed by atoms with Gasteiger partial charge in [-0.15, -0.1) is 0 Å². The third-order valence-electron chi connectivity index (χ3n) is 12.9. The zero-order valence-electron chi connectivity index (χ0n) is 38.0. The molecule has 0 bridgehead atoms. The number of anilines is 1. The summed E-state index contributed by atoms with van der Waals surface area (Å²) in [6, 6.07) is 24.2. The molecule has 17 nitrogen and oxygen atoms in total. The number of hydrogen-bond acceptors (Lipinski definition) is 12. The Bertz CT molecular complexity index is 2900. The number of piperidine rings is 1.